The van der Waals surface area contributed by atoms with E-state index < -0.39 is 0 Å². The predicted octanol–water partition coefficient (Wildman–Crippen LogP) is 5.58. The van der Waals surface area contributed by atoms with Crippen LogP contribution < -0.4 is 0 Å². The van der Waals surface area contributed by atoms with Gasteiger partial charge >= 0.3 is 0 Å². The van der Waals surface area contributed by atoms with Gasteiger partial charge in [0.05, 0.1) is 0 Å². The fraction of sp³-hybridized carbons (Fsp3) is 0.143. The Morgan fingerprint density at radius 2 is 1.83 bits per heavy atom. The molecule has 0 unspecified atom stereocenters. The summed E-state index contributed by atoms with van der Waals surface area (Å²) in [6, 6.07) is 18.8. The van der Waals surface area contributed by atoms with Crippen LogP contribution in [0.1, 0.15) is 18.9 Å². The van der Waals surface area contributed by atoms with E-state index in [1.54, 1.807) is 0 Å². The molecule has 118 valence electrons. The molecule has 2 heterocycles. The quantitative estimate of drug-likeness (QED) is 0.454. The number of hydrogen-bond acceptors (Lipinski definition) is 2. The topological polar surface area (TPSA) is 29.7 Å². The average molecular weight is 313 g/mol. The molecule has 0 atom stereocenters. The number of aliphatic imine (C=N–C) groups is 1. The Kier molecular flexibility index (Phi) is 3.62. The third-order valence-electron chi connectivity index (χ3n) is 4.29. The van der Waals surface area contributed by atoms with Crippen molar-refractivity contribution in [2.75, 3.05) is 0 Å². The van der Waals surface area contributed by atoms with Gasteiger partial charge in [0.15, 0.2) is 5.82 Å². The van der Waals surface area contributed by atoms with Crippen molar-refractivity contribution < 1.29 is 0 Å². The molecule has 0 aliphatic rings. The number of benzene rings is 2. The summed E-state index contributed by atoms with van der Waals surface area (Å²) in [4.78, 5) is 9.69. The maximum atomic E-state index is 4.97. The molecule has 0 amide bonds. The van der Waals surface area contributed by atoms with Gasteiger partial charge in [-0.2, -0.15) is 0 Å². The smallest absolute Gasteiger partial charge is 0.164 e. The van der Waals surface area contributed by atoms with Crippen LogP contribution in [-0.2, 0) is 0 Å². The van der Waals surface area contributed by atoms with E-state index in [1.807, 2.05) is 6.21 Å². The monoisotopic (exact) mass is 313 g/mol. The van der Waals surface area contributed by atoms with E-state index in [2.05, 4.69) is 79.0 Å². The van der Waals surface area contributed by atoms with Crippen LogP contribution in [0.2, 0.25) is 0 Å². The molecule has 0 aliphatic heterocycles. The van der Waals surface area contributed by atoms with Crippen LogP contribution in [0.5, 0.6) is 0 Å². The fourth-order valence-corrected chi connectivity index (χ4v) is 3.08. The summed E-state index contributed by atoms with van der Waals surface area (Å²) in [7, 11) is 0. The Labute approximate surface area is 141 Å². The number of rotatable bonds is 3. The highest BCUT2D eigenvalue weighted by Gasteiger charge is 2.16. The van der Waals surface area contributed by atoms with Crippen molar-refractivity contribution in [2.45, 2.75) is 20.3 Å². The number of hydrogen-bond donors (Lipinski definition) is 0. The molecule has 0 aliphatic carbocycles. The molecule has 24 heavy (non-hydrogen) atoms. The summed E-state index contributed by atoms with van der Waals surface area (Å²) in [6.45, 7) is 4.21. The van der Waals surface area contributed by atoms with Crippen molar-refractivity contribution in [3.8, 4) is 11.3 Å². The van der Waals surface area contributed by atoms with Crippen molar-refractivity contribution in [3.63, 3.8) is 0 Å². The molecule has 2 aromatic carbocycles. The fourth-order valence-electron chi connectivity index (χ4n) is 3.08. The van der Waals surface area contributed by atoms with Crippen molar-refractivity contribution in [1.82, 2.24) is 9.38 Å². The van der Waals surface area contributed by atoms with Crippen LogP contribution in [0, 0.1) is 6.92 Å². The van der Waals surface area contributed by atoms with E-state index in [1.165, 1.54) is 10.9 Å². The highest BCUT2D eigenvalue weighted by atomic mass is 15.1. The number of aromatic nitrogens is 2. The van der Waals surface area contributed by atoms with Gasteiger partial charge < -0.3 is 0 Å². The van der Waals surface area contributed by atoms with Gasteiger partial charge in [0.2, 0.25) is 0 Å². The largest absolute Gasteiger partial charge is 0.284 e. The van der Waals surface area contributed by atoms with Gasteiger partial charge in [-0.3, -0.25) is 4.40 Å². The number of imidazole rings is 1. The van der Waals surface area contributed by atoms with E-state index in [0.29, 0.717) is 0 Å². The number of fused-ring (bicyclic) bond motifs is 3. The Hall–Kier alpha value is -2.94. The summed E-state index contributed by atoms with van der Waals surface area (Å²) in [5.41, 5.74) is 4.23. The maximum absolute atomic E-state index is 4.97. The second-order valence-electron chi connectivity index (χ2n) is 5.92. The van der Waals surface area contributed by atoms with Gasteiger partial charge in [-0.25, -0.2) is 9.98 Å². The lowest BCUT2D eigenvalue weighted by molar-refractivity contribution is 1.17. The zero-order valence-electron chi connectivity index (χ0n) is 13.9. The third kappa shape index (κ3) is 2.29. The summed E-state index contributed by atoms with van der Waals surface area (Å²) >= 11 is 0. The standard InChI is InChI=1S/C21H19N3/c1-3-13-22-21-19(17-10-6-4-8-15(17)2)23-20-18-11-7-5-9-16(18)12-14-24(20)21/h4-14H,3H2,1-2H3/b22-13+. The Balaban J connectivity index is 2.10. The minimum atomic E-state index is 0.895. The molecule has 4 rings (SSSR count). The van der Waals surface area contributed by atoms with Crippen LogP contribution in [0.25, 0.3) is 27.7 Å². The van der Waals surface area contributed by atoms with Crippen molar-refractivity contribution >= 4 is 28.5 Å². The molecule has 3 nitrogen and oxygen atoms in total. The minimum absolute atomic E-state index is 0.895. The first-order valence-corrected chi connectivity index (χ1v) is 8.28. The maximum Gasteiger partial charge on any atom is 0.164 e. The third-order valence-corrected chi connectivity index (χ3v) is 4.29. The number of nitrogens with zero attached hydrogens (tertiary/aromatic N) is 3. The molecule has 0 radical (unpaired) electrons. The molecule has 0 bridgehead atoms. The molecule has 2 aromatic heterocycles. The van der Waals surface area contributed by atoms with E-state index in [-0.39, 0.29) is 0 Å². The summed E-state index contributed by atoms with van der Waals surface area (Å²) in [6.07, 6.45) is 4.91. The van der Waals surface area contributed by atoms with Gasteiger partial charge in [-0.1, -0.05) is 55.5 Å². The summed E-state index contributed by atoms with van der Waals surface area (Å²) in [5.74, 6) is 0.895. The molecule has 0 fully saturated rings. The number of aryl methyl sites for hydroxylation is 1. The Morgan fingerprint density at radius 1 is 1.04 bits per heavy atom. The Morgan fingerprint density at radius 3 is 2.67 bits per heavy atom. The molecule has 0 saturated carbocycles. The van der Waals surface area contributed by atoms with Crippen molar-refractivity contribution in [1.29, 1.82) is 0 Å². The van der Waals surface area contributed by atoms with Crippen LogP contribution >= 0.6 is 0 Å². The van der Waals surface area contributed by atoms with E-state index in [9.17, 15) is 0 Å². The van der Waals surface area contributed by atoms with Gasteiger partial charge in [0, 0.05) is 23.4 Å². The average Bonchev–Trinajstić information content (AvgIpc) is 2.99. The minimum Gasteiger partial charge on any atom is -0.284 e. The van der Waals surface area contributed by atoms with Crippen LogP contribution in [0.3, 0.4) is 0 Å². The SMILES string of the molecule is CC/C=N/c1c(-c2ccccc2C)nc2c3ccccc3ccn12. The molecule has 4 aromatic rings. The predicted molar refractivity (Wildman–Crippen MR) is 101 cm³/mol. The molecule has 0 N–H and O–H groups in total. The van der Waals surface area contributed by atoms with Crippen LogP contribution in [0.4, 0.5) is 5.82 Å². The highest BCUT2D eigenvalue weighted by Crippen LogP contribution is 2.34. The molecule has 3 heteroatoms. The van der Waals surface area contributed by atoms with E-state index in [4.69, 9.17) is 9.98 Å². The molecule has 0 spiro atoms. The van der Waals surface area contributed by atoms with Gasteiger partial charge in [-0.05, 0) is 30.4 Å². The van der Waals surface area contributed by atoms with Crippen molar-refractivity contribution in [2.24, 2.45) is 4.99 Å². The van der Waals surface area contributed by atoms with Crippen LogP contribution in [0.15, 0.2) is 65.8 Å². The first-order valence-electron chi connectivity index (χ1n) is 8.28. The first-order chi connectivity index (χ1) is 11.8. The van der Waals surface area contributed by atoms with Gasteiger partial charge in [-0.15, -0.1) is 0 Å². The molecular formula is C21H19N3. The van der Waals surface area contributed by atoms with Gasteiger partial charge in [0.25, 0.3) is 0 Å². The molecule has 0 saturated heterocycles. The summed E-state index contributed by atoms with van der Waals surface area (Å²) < 4.78 is 2.09. The highest BCUT2D eigenvalue weighted by molar-refractivity contribution is 5.96. The lowest BCUT2D eigenvalue weighted by atomic mass is 10.1. The second kappa shape index (κ2) is 5.93. The normalized spacial score (nSPS) is 11.8. The lowest BCUT2D eigenvalue weighted by Gasteiger charge is -2.04. The molecular weight excluding hydrogens is 294 g/mol. The first kappa shape index (κ1) is 14.6. The van der Waals surface area contributed by atoms with E-state index in [0.717, 1.165) is 34.5 Å². The number of pyridine rings is 1. The van der Waals surface area contributed by atoms with E-state index >= 15 is 0 Å². The lowest BCUT2D eigenvalue weighted by Crippen LogP contribution is -1.86. The van der Waals surface area contributed by atoms with Crippen LogP contribution in [-0.4, -0.2) is 15.6 Å². The Bertz CT molecular complexity index is 1060. The van der Waals surface area contributed by atoms with Crippen molar-refractivity contribution in [3.05, 3.63) is 66.4 Å². The second-order valence-corrected chi connectivity index (χ2v) is 5.92. The van der Waals surface area contributed by atoms with Gasteiger partial charge in [0.1, 0.15) is 11.3 Å². The summed E-state index contributed by atoms with van der Waals surface area (Å²) in [5, 5.41) is 2.34. The zero-order valence-corrected chi connectivity index (χ0v) is 13.9. The zero-order chi connectivity index (χ0) is 16.5.